The van der Waals surface area contributed by atoms with E-state index in [9.17, 15) is 9.90 Å². The van der Waals surface area contributed by atoms with Crippen LogP contribution in [-0.4, -0.2) is 42.2 Å². The first-order valence-corrected chi connectivity index (χ1v) is 9.26. The van der Waals surface area contributed by atoms with Crippen molar-refractivity contribution in [2.24, 2.45) is 5.92 Å². The molecule has 1 saturated heterocycles. The summed E-state index contributed by atoms with van der Waals surface area (Å²) in [6, 6.07) is 12.0. The van der Waals surface area contributed by atoms with E-state index in [0.29, 0.717) is 23.8 Å². The summed E-state index contributed by atoms with van der Waals surface area (Å²) in [6.45, 7) is 3.97. The SMILES string of the molecule is CCOc1cc(-c2ccccc2)sc1C(=O)N1CCCC(CO)C1. The summed E-state index contributed by atoms with van der Waals surface area (Å²) in [5.74, 6) is 0.869. The average Bonchev–Trinajstić information content (AvgIpc) is 3.06. The van der Waals surface area contributed by atoms with Crippen LogP contribution in [0.1, 0.15) is 29.4 Å². The molecule has 0 bridgehead atoms. The van der Waals surface area contributed by atoms with Gasteiger partial charge in [-0.1, -0.05) is 30.3 Å². The second-order valence-electron chi connectivity index (χ2n) is 6.05. The van der Waals surface area contributed by atoms with E-state index in [0.717, 1.165) is 29.8 Å². The minimum Gasteiger partial charge on any atom is -0.492 e. The molecule has 3 rings (SSSR count). The predicted octanol–water partition coefficient (Wildman–Crippen LogP) is 3.66. The number of ether oxygens (including phenoxy) is 1. The average molecular weight is 345 g/mol. The first-order valence-electron chi connectivity index (χ1n) is 8.45. The quantitative estimate of drug-likeness (QED) is 0.900. The molecule has 128 valence electrons. The Hall–Kier alpha value is -1.85. The number of nitrogens with zero attached hydrogens (tertiary/aromatic N) is 1. The third-order valence-electron chi connectivity index (χ3n) is 4.31. The molecule has 2 aromatic rings. The largest absolute Gasteiger partial charge is 0.492 e. The molecule has 1 amide bonds. The fourth-order valence-corrected chi connectivity index (χ4v) is 4.15. The lowest BCUT2D eigenvalue weighted by molar-refractivity contribution is 0.0622. The maximum absolute atomic E-state index is 13.0. The molecule has 2 heterocycles. The number of hydrogen-bond acceptors (Lipinski definition) is 4. The van der Waals surface area contributed by atoms with Crippen molar-refractivity contribution in [1.29, 1.82) is 0 Å². The van der Waals surface area contributed by atoms with Crippen molar-refractivity contribution in [3.8, 4) is 16.2 Å². The molecule has 1 aromatic carbocycles. The van der Waals surface area contributed by atoms with E-state index in [4.69, 9.17) is 4.74 Å². The normalized spacial score (nSPS) is 17.8. The maximum Gasteiger partial charge on any atom is 0.267 e. The number of likely N-dealkylation sites (tertiary alicyclic amines) is 1. The van der Waals surface area contributed by atoms with Gasteiger partial charge in [0, 0.05) is 24.6 Å². The summed E-state index contributed by atoms with van der Waals surface area (Å²) in [7, 11) is 0. The maximum atomic E-state index is 13.0. The number of carbonyl (C=O) groups excluding carboxylic acids is 1. The van der Waals surface area contributed by atoms with Crippen LogP contribution < -0.4 is 4.74 Å². The second kappa shape index (κ2) is 7.81. The smallest absolute Gasteiger partial charge is 0.267 e. The van der Waals surface area contributed by atoms with E-state index in [-0.39, 0.29) is 18.4 Å². The minimum absolute atomic E-state index is 0.0174. The van der Waals surface area contributed by atoms with Gasteiger partial charge in [-0.3, -0.25) is 4.79 Å². The van der Waals surface area contributed by atoms with Crippen LogP contribution in [0, 0.1) is 5.92 Å². The molecule has 1 N–H and O–H groups in total. The highest BCUT2D eigenvalue weighted by molar-refractivity contribution is 7.17. The first kappa shape index (κ1) is 17.0. The number of benzene rings is 1. The first-order chi connectivity index (χ1) is 11.7. The lowest BCUT2D eigenvalue weighted by Crippen LogP contribution is -2.40. The van der Waals surface area contributed by atoms with E-state index in [1.54, 1.807) is 0 Å². The van der Waals surface area contributed by atoms with E-state index in [1.807, 2.05) is 48.2 Å². The zero-order valence-electron chi connectivity index (χ0n) is 13.9. The molecule has 1 unspecified atom stereocenters. The lowest BCUT2D eigenvalue weighted by atomic mass is 9.99. The molecular formula is C19H23NO3S. The van der Waals surface area contributed by atoms with Crippen LogP contribution >= 0.6 is 11.3 Å². The van der Waals surface area contributed by atoms with E-state index >= 15 is 0 Å². The molecular weight excluding hydrogens is 322 g/mol. The monoisotopic (exact) mass is 345 g/mol. The van der Waals surface area contributed by atoms with Crippen LogP contribution in [0.5, 0.6) is 5.75 Å². The Balaban J connectivity index is 1.88. The van der Waals surface area contributed by atoms with Crippen molar-refractivity contribution >= 4 is 17.2 Å². The molecule has 0 radical (unpaired) electrons. The van der Waals surface area contributed by atoms with Gasteiger partial charge in [0.25, 0.3) is 5.91 Å². The Morgan fingerprint density at radius 3 is 2.88 bits per heavy atom. The number of thiophene rings is 1. The van der Waals surface area contributed by atoms with Gasteiger partial charge in [-0.25, -0.2) is 0 Å². The number of aliphatic hydroxyl groups is 1. The van der Waals surface area contributed by atoms with Gasteiger partial charge in [0.05, 0.1) is 6.61 Å². The molecule has 1 aliphatic heterocycles. The number of aliphatic hydroxyl groups excluding tert-OH is 1. The van der Waals surface area contributed by atoms with Crippen molar-refractivity contribution in [3.05, 3.63) is 41.3 Å². The molecule has 5 heteroatoms. The third kappa shape index (κ3) is 3.62. The highest BCUT2D eigenvalue weighted by Gasteiger charge is 2.28. The molecule has 4 nitrogen and oxygen atoms in total. The highest BCUT2D eigenvalue weighted by Crippen LogP contribution is 2.37. The molecule has 24 heavy (non-hydrogen) atoms. The number of piperidine rings is 1. The van der Waals surface area contributed by atoms with Crippen molar-refractivity contribution in [2.45, 2.75) is 19.8 Å². The van der Waals surface area contributed by atoms with Gasteiger partial charge < -0.3 is 14.7 Å². The summed E-state index contributed by atoms with van der Waals surface area (Å²) >= 11 is 1.48. The summed E-state index contributed by atoms with van der Waals surface area (Å²) in [4.78, 5) is 16.5. The topological polar surface area (TPSA) is 49.8 Å². The Morgan fingerprint density at radius 2 is 2.17 bits per heavy atom. The van der Waals surface area contributed by atoms with Crippen LogP contribution in [0.4, 0.5) is 0 Å². The molecule has 1 aliphatic rings. The van der Waals surface area contributed by atoms with E-state index in [1.165, 1.54) is 11.3 Å². The molecule has 0 saturated carbocycles. The Bertz CT molecular complexity index is 683. The van der Waals surface area contributed by atoms with Crippen LogP contribution in [0.2, 0.25) is 0 Å². The van der Waals surface area contributed by atoms with Gasteiger partial charge in [-0.2, -0.15) is 0 Å². The van der Waals surface area contributed by atoms with Crippen molar-refractivity contribution in [1.82, 2.24) is 4.90 Å². The Morgan fingerprint density at radius 1 is 1.38 bits per heavy atom. The lowest BCUT2D eigenvalue weighted by Gasteiger charge is -2.31. The third-order valence-corrected chi connectivity index (χ3v) is 5.47. The van der Waals surface area contributed by atoms with Crippen molar-refractivity contribution < 1.29 is 14.6 Å². The highest BCUT2D eigenvalue weighted by atomic mass is 32.1. The fraction of sp³-hybridized carbons (Fsp3) is 0.421. The van der Waals surface area contributed by atoms with Crippen molar-refractivity contribution in [3.63, 3.8) is 0 Å². The van der Waals surface area contributed by atoms with Crippen LogP contribution in [0.3, 0.4) is 0 Å². The Labute approximate surface area is 146 Å². The fourth-order valence-electron chi connectivity index (χ4n) is 3.07. The second-order valence-corrected chi connectivity index (χ2v) is 7.10. The molecule has 1 fully saturated rings. The van der Waals surface area contributed by atoms with Gasteiger partial charge >= 0.3 is 0 Å². The Kier molecular flexibility index (Phi) is 5.53. The number of hydrogen-bond donors (Lipinski definition) is 1. The van der Waals surface area contributed by atoms with E-state index in [2.05, 4.69) is 0 Å². The molecule has 1 atom stereocenters. The van der Waals surface area contributed by atoms with Crippen molar-refractivity contribution in [2.75, 3.05) is 26.3 Å². The predicted molar refractivity (Wildman–Crippen MR) is 96.6 cm³/mol. The number of carbonyl (C=O) groups is 1. The summed E-state index contributed by atoms with van der Waals surface area (Å²) < 4.78 is 5.72. The van der Waals surface area contributed by atoms with Gasteiger partial charge in [0.15, 0.2) is 0 Å². The van der Waals surface area contributed by atoms with Gasteiger partial charge in [0.2, 0.25) is 0 Å². The summed E-state index contributed by atoms with van der Waals surface area (Å²) in [5.41, 5.74) is 1.09. The van der Waals surface area contributed by atoms with Gasteiger partial charge in [-0.15, -0.1) is 11.3 Å². The standard InChI is InChI=1S/C19H23NO3S/c1-2-23-16-11-17(15-8-4-3-5-9-15)24-18(16)19(22)20-10-6-7-14(12-20)13-21/h3-5,8-9,11,14,21H,2,6-7,10,12-13H2,1H3. The van der Waals surface area contributed by atoms with Gasteiger partial charge in [-0.05, 0) is 37.3 Å². The van der Waals surface area contributed by atoms with Crippen LogP contribution in [0.25, 0.3) is 10.4 Å². The van der Waals surface area contributed by atoms with Crippen LogP contribution in [0.15, 0.2) is 36.4 Å². The molecule has 1 aromatic heterocycles. The minimum atomic E-state index is 0.0174. The van der Waals surface area contributed by atoms with Gasteiger partial charge in [0.1, 0.15) is 10.6 Å². The molecule has 0 aliphatic carbocycles. The summed E-state index contributed by atoms with van der Waals surface area (Å²) in [5, 5.41) is 9.39. The number of rotatable bonds is 5. The zero-order chi connectivity index (χ0) is 16.9. The zero-order valence-corrected chi connectivity index (χ0v) is 14.7. The molecule has 0 spiro atoms. The van der Waals surface area contributed by atoms with E-state index < -0.39 is 0 Å². The summed E-state index contributed by atoms with van der Waals surface area (Å²) in [6.07, 6.45) is 1.93. The number of amides is 1. The van der Waals surface area contributed by atoms with Crippen LogP contribution in [-0.2, 0) is 0 Å².